The second kappa shape index (κ2) is 4.64. The lowest BCUT2D eigenvalue weighted by Crippen LogP contribution is -2.48. The van der Waals surface area contributed by atoms with Crippen molar-refractivity contribution in [2.24, 2.45) is 0 Å². The van der Waals surface area contributed by atoms with Crippen LogP contribution >= 0.6 is 0 Å². The molecule has 84 valence electrons. The molecule has 1 fully saturated rings. The normalized spacial score (nSPS) is 25.7. The van der Waals surface area contributed by atoms with E-state index in [4.69, 9.17) is 9.84 Å². The van der Waals surface area contributed by atoms with E-state index < -0.39 is 11.7 Å². The largest absolute Gasteiger partial charge is 0.444 e. The summed E-state index contributed by atoms with van der Waals surface area (Å²) in [5.74, 6) is 0. The van der Waals surface area contributed by atoms with Crippen LogP contribution in [0.1, 0.15) is 41.0 Å². The van der Waals surface area contributed by atoms with Crippen LogP contribution in [-0.4, -0.2) is 28.9 Å². The fraction of sp³-hybridized carbons (Fsp3) is 0.900. The number of amides is 1. The number of alkyl carbamates (subject to hydrolysis) is 1. The summed E-state index contributed by atoms with van der Waals surface area (Å²) in [5, 5.41) is 11.7. The SMILES string of the molecule is C.CC(C)(C)OC(=O)NC1CC(O)C1. The molecule has 1 aliphatic rings. The summed E-state index contributed by atoms with van der Waals surface area (Å²) in [7, 11) is 0. The van der Waals surface area contributed by atoms with E-state index in [-0.39, 0.29) is 19.6 Å². The molecule has 0 aliphatic heterocycles. The maximum absolute atomic E-state index is 11.2. The van der Waals surface area contributed by atoms with Crippen molar-refractivity contribution in [2.75, 3.05) is 0 Å². The number of carbonyl (C=O) groups is 1. The zero-order valence-electron chi connectivity index (χ0n) is 8.33. The average Bonchev–Trinajstić information content (AvgIpc) is 1.79. The first kappa shape index (κ1) is 13.2. The molecule has 0 unspecified atom stereocenters. The lowest BCUT2D eigenvalue weighted by molar-refractivity contribution is 0.0304. The summed E-state index contributed by atoms with van der Waals surface area (Å²) in [5.41, 5.74) is -0.452. The molecule has 0 aromatic carbocycles. The van der Waals surface area contributed by atoms with Gasteiger partial charge < -0.3 is 15.2 Å². The second-order valence-corrected chi connectivity index (χ2v) is 4.47. The molecule has 1 saturated carbocycles. The van der Waals surface area contributed by atoms with Crippen molar-refractivity contribution in [3.05, 3.63) is 0 Å². The third-order valence-corrected chi connectivity index (χ3v) is 1.83. The van der Waals surface area contributed by atoms with Crippen LogP contribution in [0.25, 0.3) is 0 Å². The molecule has 0 radical (unpaired) electrons. The Hall–Kier alpha value is -0.770. The molecular formula is C10H21NO3. The number of carbonyl (C=O) groups excluding carboxylic acids is 1. The molecule has 0 heterocycles. The molecular weight excluding hydrogens is 182 g/mol. The highest BCUT2D eigenvalue weighted by molar-refractivity contribution is 5.68. The number of aliphatic hydroxyl groups is 1. The summed E-state index contributed by atoms with van der Waals surface area (Å²) in [6.07, 6.45) is 0.628. The van der Waals surface area contributed by atoms with E-state index in [0.717, 1.165) is 0 Å². The molecule has 1 rings (SSSR count). The zero-order valence-corrected chi connectivity index (χ0v) is 8.33. The molecule has 1 amide bonds. The fourth-order valence-electron chi connectivity index (χ4n) is 1.18. The second-order valence-electron chi connectivity index (χ2n) is 4.47. The third kappa shape index (κ3) is 4.46. The number of hydrogen-bond donors (Lipinski definition) is 2. The maximum Gasteiger partial charge on any atom is 0.407 e. The van der Waals surface area contributed by atoms with Gasteiger partial charge in [0, 0.05) is 6.04 Å². The Morgan fingerprint density at radius 3 is 2.29 bits per heavy atom. The van der Waals surface area contributed by atoms with Gasteiger partial charge in [0.1, 0.15) is 5.60 Å². The van der Waals surface area contributed by atoms with Crippen molar-refractivity contribution in [2.45, 2.75) is 58.8 Å². The quantitative estimate of drug-likeness (QED) is 0.681. The molecule has 0 aromatic heterocycles. The first-order valence-corrected chi connectivity index (χ1v) is 4.54. The topological polar surface area (TPSA) is 58.6 Å². The minimum atomic E-state index is -0.452. The molecule has 14 heavy (non-hydrogen) atoms. The van der Waals surface area contributed by atoms with Crippen molar-refractivity contribution < 1.29 is 14.6 Å². The van der Waals surface area contributed by atoms with Crippen LogP contribution in [0.3, 0.4) is 0 Å². The van der Waals surface area contributed by atoms with Gasteiger partial charge in [0.2, 0.25) is 0 Å². The summed E-state index contributed by atoms with van der Waals surface area (Å²) in [6.45, 7) is 5.46. The number of rotatable bonds is 1. The van der Waals surface area contributed by atoms with Crippen molar-refractivity contribution in [1.82, 2.24) is 5.32 Å². The van der Waals surface area contributed by atoms with Gasteiger partial charge in [0.25, 0.3) is 0 Å². The molecule has 0 saturated heterocycles. The molecule has 0 spiro atoms. The Kier molecular flexibility index (Phi) is 4.39. The minimum absolute atomic E-state index is 0. The van der Waals surface area contributed by atoms with Crippen LogP contribution in [0.4, 0.5) is 4.79 Å². The van der Waals surface area contributed by atoms with Gasteiger partial charge in [0.15, 0.2) is 0 Å². The Labute approximate surface area is 85.6 Å². The van der Waals surface area contributed by atoms with Gasteiger partial charge in [-0.3, -0.25) is 0 Å². The highest BCUT2D eigenvalue weighted by Gasteiger charge is 2.29. The van der Waals surface area contributed by atoms with Gasteiger partial charge in [-0.05, 0) is 33.6 Å². The first-order valence-electron chi connectivity index (χ1n) is 4.54. The smallest absolute Gasteiger partial charge is 0.407 e. The van der Waals surface area contributed by atoms with Crippen molar-refractivity contribution in [3.63, 3.8) is 0 Å². The summed E-state index contributed by atoms with van der Waals surface area (Å²) in [6, 6.07) is 0.0878. The third-order valence-electron chi connectivity index (χ3n) is 1.83. The number of aliphatic hydroxyl groups excluding tert-OH is 1. The molecule has 1 aliphatic carbocycles. The molecule has 4 nitrogen and oxygen atoms in total. The molecule has 4 heteroatoms. The van der Waals surface area contributed by atoms with E-state index in [0.29, 0.717) is 12.8 Å². The molecule has 0 aromatic rings. The molecule has 0 bridgehead atoms. The Bertz CT molecular complexity index is 192. The standard InChI is InChI=1S/C9H17NO3.CH4/c1-9(2,3)13-8(12)10-6-4-7(11)5-6;/h6-7,11H,4-5H2,1-3H3,(H,10,12);1H4. The monoisotopic (exact) mass is 203 g/mol. The van der Waals surface area contributed by atoms with E-state index in [1.54, 1.807) is 0 Å². The van der Waals surface area contributed by atoms with Crippen LogP contribution < -0.4 is 5.32 Å². The lowest BCUT2D eigenvalue weighted by Gasteiger charge is -2.32. The molecule has 0 atom stereocenters. The predicted octanol–water partition coefficient (Wildman–Crippen LogP) is 1.67. The van der Waals surface area contributed by atoms with E-state index in [1.165, 1.54) is 0 Å². The average molecular weight is 203 g/mol. The number of ether oxygens (including phenoxy) is 1. The summed E-state index contributed by atoms with van der Waals surface area (Å²) >= 11 is 0. The van der Waals surface area contributed by atoms with Crippen LogP contribution in [0.15, 0.2) is 0 Å². The van der Waals surface area contributed by atoms with Gasteiger partial charge in [-0.1, -0.05) is 7.43 Å². The van der Waals surface area contributed by atoms with Crippen molar-refractivity contribution in [3.8, 4) is 0 Å². The summed E-state index contributed by atoms with van der Waals surface area (Å²) in [4.78, 5) is 11.2. The first-order chi connectivity index (χ1) is 5.87. The number of hydrogen-bond acceptors (Lipinski definition) is 3. The van der Waals surface area contributed by atoms with E-state index in [2.05, 4.69) is 5.32 Å². The Morgan fingerprint density at radius 1 is 1.43 bits per heavy atom. The lowest BCUT2D eigenvalue weighted by atomic mass is 9.90. The van der Waals surface area contributed by atoms with Crippen LogP contribution in [0.2, 0.25) is 0 Å². The van der Waals surface area contributed by atoms with E-state index in [1.807, 2.05) is 20.8 Å². The van der Waals surface area contributed by atoms with Gasteiger partial charge in [-0.25, -0.2) is 4.79 Å². The van der Waals surface area contributed by atoms with Gasteiger partial charge >= 0.3 is 6.09 Å². The minimum Gasteiger partial charge on any atom is -0.444 e. The highest BCUT2D eigenvalue weighted by Crippen LogP contribution is 2.19. The molecule has 2 N–H and O–H groups in total. The van der Waals surface area contributed by atoms with Crippen LogP contribution in [-0.2, 0) is 4.74 Å². The zero-order chi connectivity index (χ0) is 10.1. The van der Waals surface area contributed by atoms with Gasteiger partial charge in [0.05, 0.1) is 6.10 Å². The van der Waals surface area contributed by atoms with E-state index in [9.17, 15) is 4.79 Å². The van der Waals surface area contributed by atoms with Crippen LogP contribution in [0, 0.1) is 0 Å². The van der Waals surface area contributed by atoms with Crippen molar-refractivity contribution >= 4 is 6.09 Å². The Balaban J connectivity index is 0.00000169. The maximum atomic E-state index is 11.2. The van der Waals surface area contributed by atoms with E-state index >= 15 is 0 Å². The van der Waals surface area contributed by atoms with Gasteiger partial charge in [-0.2, -0.15) is 0 Å². The Morgan fingerprint density at radius 2 is 1.93 bits per heavy atom. The van der Waals surface area contributed by atoms with Crippen molar-refractivity contribution in [1.29, 1.82) is 0 Å². The predicted molar refractivity (Wildman–Crippen MR) is 55.1 cm³/mol. The summed E-state index contributed by atoms with van der Waals surface area (Å²) < 4.78 is 5.05. The fourth-order valence-corrected chi connectivity index (χ4v) is 1.18. The highest BCUT2D eigenvalue weighted by atomic mass is 16.6. The number of nitrogens with one attached hydrogen (secondary N) is 1. The van der Waals surface area contributed by atoms with Gasteiger partial charge in [-0.15, -0.1) is 0 Å². The van der Waals surface area contributed by atoms with Crippen LogP contribution in [0.5, 0.6) is 0 Å².